The van der Waals surface area contributed by atoms with E-state index in [1.165, 1.54) is 55.2 Å². The smallest absolute Gasteiger partial charge is 0.0708 e. The lowest BCUT2D eigenvalue weighted by atomic mass is 9.95. The van der Waals surface area contributed by atoms with Gasteiger partial charge in [0.2, 0.25) is 0 Å². The first kappa shape index (κ1) is 20.3. The number of pyridine rings is 1. The molecule has 0 radical (unpaired) electrons. The third kappa shape index (κ3) is 3.16. The summed E-state index contributed by atoms with van der Waals surface area (Å²) < 4.78 is 2.39. The largest absolute Gasteiger partial charge is 0.309 e. The minimum Gasteiger partial charge on any atom is -0.309 e. The Morgan fingerprint density at radius 3 is 1.78 bits per heavy atom. The van der Waals surface area contributed by atoms with Crippen LogP contribution in [0.3, 0.4) is 0 Å². The topological polar surface area (TPSA) is 17.8 Å². The van der Waals surface area contributed by atoms with Gasteiger partial charge in [-0.25, -0.2) is 0 Å². The minimum absolute atomic E-state index is 0.976. The van der Waals surface area contributed by atoms with Gasteiger partial charge in [0.1, 0.15) is 0 Å². The van der Waals surface area contributed by atoms with Gasteiger partial charge in [-0.05, 0) is 81.9 Å². The third-order valence-corrected chi connectivity index (χ3v) is 7.56. The number of hydrogen-bond donors (Lipinski definition) is 0. The summed E-state index contributed by atoms with van der Waals surface area (Å²) >= 11 is 0. The lowest BCUT2D eigenvalue weighted by Gasteiger charge is -2.13. The quantitative estimate of drug-likeness (QED) is 0.216. The zero-order chi connectivity index (χ0) is 24.3. The van der Waals surface area contributed by atoms with Gasteiger partial charge in [-0.15, -0.1) is 0 Å². The van der Waals surface area contributed by atoms with Gasteiger partial charge in [0.25, 0.3) is 0 Å². The van der Waals surface area contributed by atoms with Crippen LogP contribution in [0.5, 0.6) is 0 Å². The van der Waals surface area contributed by atoms with Crippen LogP contribution in [0, 0.1) is 0 Å². The predicted molar refractivity (Wildman–Crippen MR) is 154 cm³/mol. The van der Waals surface area contributed by atoms with Crippen LogP contribution in [0.1, 0.15) is 0 Å². The molecule has 2 aromatic heterocycles. The van der Waals surface area contributed by atoms with E-state index in [1.54, 1.807) is 0 Å². The Kier molecular flexibility index (Phi) is 4.26. The molecule has 0 spiro atoms. The van der Waals surface area contributed by atoms with Gasteiger partial charge in [-0.2, -0.15) is 0 Å². The molecule has 0 unspecified atom stereocenters. The van der Waals surface area contributed by atoms with Crippen molar-refractivity contribution in [1.29, 1.82) is 0 Å². The highest BCUT2D eigenvalue weighted by Gasteiger charge is 2.15. The number of benzene rings is 5. The minimum atomic E-state index is 0.976. The van der Waals surface area contributed by atoms with Gasteiger partial charge in [0.15, 0.2) is 0 Å². The Labute approximate surface area is 215 Å². The van der Waals surface area contributed by atoms with Gasteiger partial charge in [0, 0.05) is 28.2 Å². The van der Waals surface area contributed by atoms with Crippen molar-refractivity contribution < 1.29 is 0 Å². The maximum absolute atomic E-state index is 4.78. The molecule has 1 aliphatic heterocycles. The van der Waals surface area contributed by atoms with Crippen LogP contribution >= 0.6 is 0 Å². The van der Waals surface area contributed by atoms with Crippen LogP contribution in [-0.4, -0.2) is 9.55 Å². The second kappa shape index (κ2) is 7.78. The summed E-state index contributed by atoms with van der Waals surface area (Å²) in [7, 11) is 0. The molecule has 0 N–H and O–H groups in total. The zero-order valence-electron chi connectivity index (χ0n) is 20.1. The molecule has 0 aliphatic carbocycles. The van der Waals surface area contributed by atoms with E-state index < -0.39 is 0 Å². The van der Waals surface area contributed by atoms with Crippen molar-refractivity contribution in [2.45, 2.75) is 0 Å². The van der Waals surface area contributed by atoms with E-state index in [-0.39, 0.29) is 0 Å². The molecule has 0 atom stereocenters. The van der Waals surface area contributed by atoms with Gasteiger partial charge >= 0.3 is 0 Å². The lowest BCUT2D eigenvalue weighted by molar-refractivity contribution is 1.18. The highest BCUT2D eigenvalue weighted by atomic mass is 15.0. The fourth-order valence-corrected chi connectivity index (χ4v) is 5.76. The summed E-state index contributed by atoms with van der Waals surface area (Å²) in [5, 5.41) is 2.50. The molecule has 1 aliphatic rings. The Balaban J connectivity index is 1.52. The second-order valence-corrected chi connectivity index (χ2v) is 9.73. The van der Waals surface area contributed by atoms with Crippen LogP contribution in [-0.2, 0) is 0 Å². The highest BCUT2D eigenvalue weighted by Crippen LogP contribution is 2.37. The fourth-order valence-electron chi connectivity index (χ4n) is 5.76. The number of para-hydroxylation sites is 1. The molecule has 2 heteroatoms. The van der Waals surface area contributed by atoms with Crippen molar-refractivity contribution in [3.63, 3.8) is 0 Å². The Bertz CT molecular complexity index is 1990. The maximum Gasteiger partial charge on any atom is 0.0708 e. The second-order valence-electron chi connectivity index (χ2n) is 9.73. The van der Waals surface area contributed by atoms with E-state index in [0.717, 1.165) is 16.9 Å². The average molecular weight is 471 g/mol. The normalized spacial score (nSPS) is 11.8. The molecule has 5 aromatic carbocycles. The summed E-state index contributed by atoms with van der Waals surface area (Å²) in [5.41, 5.74) is 12.8. The number of rotatable bonds is 0. The molecule has 8 rings (SSSR count). The van der Waals surface area contributed by atoms with Crippen molar-refractivity contribution in [3.8, 4) is 50.3 Å². The molecule has 3 heterocycles. The molecule has 0 saturated carbocycles. The van der Waals surface area contributed by atoms with Crippen LogP contribution in [0.25, 0.3) is 72.1 Å². The van der Waals surface area contributed by atoms with Gasteiger partial charge in [-0.1, -0.05) is 78.9 Å². The third-order valence-electron chi connectivity index (χ3n) is 7.56. The van der Waals surface area contributed by atoms with Crippen LogP contribution in [0.4, 0.5) is 0 Å². The number of aromatic nitrogens is 2. The van der Waals surface area contributed by atoms with Crippen LogP contribution in [0.2, 0.25) is 0 Å². The summed E-state index contributed by atoms with van der Waals surface area (Å²) in [6.07, 6.45) is 1.92. The van der Waals surface area contributed by atoms with E-state index in [1.807, 2.05) is 6.20 Å². The van der Waals surface area contributed by atoms with Gasteiger partial charge in [-0.3, -0.25) is 4.98 Å². The lowest BCUT2D eigenvalue weighted by Crippen LogP contribution is -1.95. The average Bonchev–Trinajstić information content (AvgIpc) is 3.31. The Morgan fingerprint density at radius 2 is 1.03 bits per heavy atom. The van der Waals surface area contributed by atoms with Crippen molar-refractivity contribution in [1.82, 2.24) is 9.55 Å². The maximum atomic E-state index is 4.78. The van der Waals surface area contributed by atoms with E-state index in [9.17, 15) is 0 Å². The Morgan fingerprint density at radius 1 is 0.405 bits per heavy atom. The SMILES string of the molecule is c1cc2cc(c1)-c1cccc(c1)-n1c3ccccc3c3ccc(cc31)-c1cc(ccn1)-c1cccc-2c1. The predicted octanol–water partition coefficient (Wildman–Crippen LogP) is 9.16. The number of fused-ring (bicyclic) bond motifs is 17. The zero-order valence-corrected chi connectivity index (χ0v) is 20.1. The summed E-state index contributed by atoms with van der Waals surface area (Å²) in [6, 6.07) is 46.2. The molecular weight excluding hydrogens is 448 g/mol. The monoisotopic (exact) mass is 470 g/mol. The van der Waals surface area contributed by atoms with Crippen molar-refractivity contribution >= 4 is 21.8 Å². The van der Waals surface area contributed by atoms with E-state index in [4.69, 9.17) is 4.98 Å². The van der Waals surface area contributed by atoms with Crippen molar-refractivity contribution in [2.24, 2.45) is 0 Å². The molecule has 0 fully saturated rings. The molecule has 0 amide bonds. The van der Waals surface area contributed by atoms with Crippen LogP contribution < -0.4 is 0 Å². The number of hydrogen-bond acceptors (Lipinski definition) is 1. The first-order valence-electron chi connectivity index (χ1n) is 12.6. The highest BCUT2D eigenvalue weighted by molar-refractivity contribution is 6.10. The summed E-state index contributed by atoms with van der Waals surface area (Å²) in [6.45, 7) is 0. The van der Waals surface area contributed by atoms with Gasteiger partial charge in [0.05, 0.1) is 16.7 Å². The fraction of sp³-hybridized carbons (Fsp3) is 0. The van der Waals surface area contributed by atoms with Crippen molar-refractivity contribution in [2.75, 3.05) is 0 Å². The summed E-state index contributed by atoms with van der Waals surface area (Å²) in [4.78, 5) is 4.78. The molecular formula is C35H22N2. The Hall–Kier alpha value is -4.95. The van der Waals surface area contributed by atoms with Crippen LogP contribution in [0.15, 0.2) is 134 Å². The molecule has 2 nitrogen and oxygen atoms in total. The molecule has 172 valence electrons. The summed E-state index contributed by atoms with van der Waals surface area (Å²) in [5.74, 6) is 0. The molecule has 37 heavy (non-hydrogen) atoms. The van der Waals surface area contributed by atoms with Gasteiger partial charge < -0.3 is 4.57 Å². The van der Waals surface area contributed by atoms with E-state index >= 15 is 0 Å². The molecule has 0 saturated heterocycles. The number of nitrogens with zero attached hydrogens (tertiary/aromatic N) is 2. The first-order chi connectivity index (χ1) is 18.3. The van der Waals surface area contributed by atoms with Crippen molar-refractivity contribution in [3.05, 3.63) is 134 Å². The standard InChI is InChI=1S/C35H22N2/c1-2-13-34-31(12-1)32-15-14-29-22-35(32)37(34)30-11-5-10-27(20-30)25-8-3-6-23(18-25)24-7-4-9-26(19-24)28-16-17-36-33(29)21-28/h1-22H. The van der Waals surface area contributed by atoms with E-state index in [0.29, 0.717) is 0 Å². The molecule has 7 aromatic rings. The van der Waals surface area contributed by atoms with E-state index in [2.05, 4.69) is 132 Å². The molecule has 10 bridgehead atoms. The first-order valence-corrected chi connectivity index (χ1v) is 12.6.